The molecule has 2 heterocycles. The zero-order valence-electron chi connectivity index (χ0n) is 9.57. The third-order valence-corrected chi connectivity index (χ3v) is 2.82. The molecule has 6 heteroatoms. The van der Waals surface area contributed by atoms with E-state index in [0.717, 1.165) is 0 Å². The minimum absolute atomic E-state index is 0.0641. The number of nitrogens with zero attached hydrogens (tertiary/aromatic N) is 2. The Labute approximate surface area is 106 Å². The Morgan fingerprint density at radius 3 is 2.74 bits per heavy atom. The molecule has 0 unspecified atom stereocenters. The van der Waals surface area contributed by atoms with Crippen molar-refractivity contribution in [3.05, 3.63) is 48.0 Å². The summed E-state index contributed by atoms with van der Waals surface area (Å²) in [5.74, 6) is -0.608. The van der Waals surface area contributed by atoms with Crippen LogP contribution < -0.4 is 0 Å². The summed E-state index contributed by atoms with van der Waals surface area (Å²) in [5, 5.41) is 5.94. The van der Waals surface area contributed by atoms with E-state index in [4.69, 9.17) is 0 Å². The molecule has 19 heavy (non-hydrogen) atoms. The molecule has 0 spiro atoms. The summed E-state index contributed by atoms with van der Waals surface area (Å²) in [4.78, 5) is 3.94. The average molecular weight is 263 g/mol. The molecule has 0 aliphatic carbocycles. The highest BCUT2D eigenvalue weighted by molar-refractivity contribution is 5.80. The minimum Gasteiger partial charge on any atom is -0.251 e. The Morgan fingerprint density at radius 2 is 1.95 bits per heavy atom. The Kier molecular flexibility index (Phi) is 2.70. The summed E-state index contributed by atoms with van der Waals surface area (Å²) in [6.45, 7) is 0. The highest BCUT2D eigenvalue weighted by atomic mass is 19.3. The van der Waals surface area contributed by atoms with E-state index in [1.807, 2.05) is 0 Å². The fourth-order valence-corrected chi connectivity index (χ4v) is 1.88. The normalized spacial score (nSPS) is 11.4. The van der Waals surface area contributed by atoms with E-state index in [1.54, 1.807) is 18.2 Å². The van der Waals surface area contributed by atoms with Crippen LogP contribution in [-0.2, 0) is 0 Å². The van der Waals surface area contributed by atoms with Gasteiger partial charge in [0.05, 0.1) is 0 Å². The van der Waals surface area contributed by atoms with Gasteiger partial charge in [0.1, 0.15) is 11.0 Å². The van der Waals surface area contributed by atoms with Gasteiger partial charge in [0.15, 0.2) is 0 Å². The van der Waals surface area contributed by atoms with Crippen molar-refractivity contribution >= 4 is 11.0 Å². The van der Waals surface area contributed by atoms with Crippen molar-refractivity contribution in [1.82, 2.24) is 15.2 Å². The first-order valence-electron chi connectivity index (χ1n) is 5.53. The fraction of sp³-hybridized carbons (Fsp3) is 0.0769. The maximum absolute atomic E-state index is 13.2. The first-order chi connectivity index (χ1) is 9.15. The monoisotopic (exact) mass is 263 g/mol. The second kappa shape index (κ2) is 4.38. The molecule has 96 valence electrons. The van der Waals surface area contributed by atoms with Gasteiger partial charge < -0.3 is 0 Å². The largest absolute Gasteiger partial charge is 0.263 e. The lowest BCUT2D eigenvalue weighted by Gasteiger charge is -2.04. The van der Waals surface area contributed by atoms with Crippen molar-refractivity contribution in [1.29, 1.82) is 0 Å². The number of rotatable bonds is 2. The van der Waals surface area contributed by atoms with Gasteiger partial charge >= 0.3 is 0 Å². The molecule has 0 saturated heterocycles. The number of aromatic nitrogens is 3. The van der Waals surface area contributed by atoms with E-state index in [1.165, 1.54) is 18.3 Å². The number of benzene rings is 1. The lowest BCUT2D eigenvalue weighted by molar-refractivity contribution is 0.151. The number of fused-ring (bicyclic) bond motifs is 1. The first-order valence-corrected chi connectivity index (χ1v) is 5.53. The van der Waals surface area contributed by atoms with E-state index in [9.17, 15) is 13.2 Å². The quantitative estimate of drug-likeness (QED) is 0.765. The number of nitrogens with one attached hydrogen (secondary N) is 1. The van der Waals surface area contributed by atoms with E-state index in [0.29, 0.717) is 16.6 Å². The zero-order chi connectivity index (χ0) is 13.4. The highest BCUT2D eigenvalue weighted by Crippen LogP contribution is 2.27. The zero-order valence-corrected chi connectivity index (χ0v) is 9.57. The van der Waals surface area contributed by atoms with Crippen molar-refractivity contribution in [3.63, 3.8) is 0 Å². The van der Waals surface area contributed by atoms with Gasteiger partial charge in [0, 0.05) is 17.3 Å². The smallest absolute Gasteiger partial charge is 0.251 e. The molecular formula is C13H8F3N3. The number of halogens is 3. The van der Waals surface area contributed by atoms with Gasteiger partial charge in [0.2, 0.25) is 5.95 Å². The van der Waals surface area contributed by atoms with Crippen LogP contribution in [0, 0.1) is 5.95 Å². The molecule has 0 aliphatic rings. The van der Waals surface area contributed by atoms with Crippen molar-refractivity contribution in [2.45, 2.75) is 6.43 Å². The number of alkyl halides is 2. The summed E-state index contributed by atoms with van der Waals surface area (Å²) < 4.78 is 38.4. The molecule has 0 radical (unpaired) electrons. The predicted molar refractivity (Wildman–Crippen MR) is 64.2 cm³/mol. The topological polar surface area (TPSA) is 41.6 Å². The summed E-state index contributed by atoms with van der Waals surface area (Å²) in [6.07, 6.45) is -1.09. The number of hydrogen-bond donors (Lipinski definition) is 1. The standard InChI is InChI=1S/C13H8F3N3/c14-12(15)8-3-1-2-7(4-8)9-5-10-11(17-6-9)13(16)19-18-10/h1-6,12H,(H,18,19). The summed E-state index contributed by atoms with van der Waals surface area (Å²) in [6, 6.07) is 7.58. The Bertz CT molecular complexity index is 737. The van der Waals surface area contributed by atoms with Crippen LogP contribution in [-0.4, -0.2) is 15.2 Å². The maximum atomic E-state index is 13.2. The lowest BCUT2D eigenvalue weighted by Crippen LogP contribution is -1.87. The van der Waals surface area contributed by atoms with E-state index in [2.05, 4.69) is 15.2 Å². The van der Waals surface area contributed by atoms with Crippen LogP contribution >= 0.6 is 0 Å². The molecule has 0 atom stereocenters. The Balaban J connectivity index is 2.10. The molecule has 0 aliphatic heterocycles. The van der Waals surface area contributed by atoms with Crippen LogP contribution in [0.4, 0.5) is 13.2 Å². The van der Waals surface area contributed by atoms with Gasteiger partial charge in [-0.25, -0.2) is 13.8 Å². The third-order valence-electron chi connectivity index (χ3n) is 2.82. The van der Waals surface area contributed by atoms with Crippen molar-refractivity contribution in [2.75, 3.05) is 0 Å². The predicted octanol–water partition coefficient (Wildman–Crippen LogP) is 3.70. The van der Waals surface area contributed by atoms with Gasteiger partial charge in [0.25, 0.3) is 6.43 Å². The van der Waals surface area contributed by atoms with Crippen LogP contribution in [0.3, 0.4) is 0 Å². The van der Waals surface area contributed by atoms with Gasteiger partial charge in [-0.3, -0.25) is 5.10 Å². The molecule has 3 rings (SSSR count). The van der Waals surface area contributed by atoms with Gasteiger partial charge in [-0.1, -0.05) is 18.2 Å². The highest BCUT2D eigenvalue weighted by Gasteiger charge is 2.10. The van der Waals surface area contributed by atoms with Gasteiger partial charge in [-0.05, 0) is 17.7 Å². The minimum atomic E-state index is -2.53. The van der Waals surface area contributed by atoms with Crippen molar-refractivity contribution in [3.8, 4) is 11.1 Å². The van der Waals surface area contributed by atoms with Gasteiger partial charge in [-0.2, -0.15) is 9.49 Å². The molecule has 3 aromatic rings. The second-order valence-electron chi connectivity index (χ2n) is 4.06. The van der Waals surface area contributed by atoms with E-state index in [-0.39, 0.29) is 11.1 Å². The molecule has 0 fully saturated rings. The molecule has 0 amide bonds. The number of aromatic amines is 1. The molecule has 1 aromatic carbocycles. The number of H-pyrrole nitrogens is 1. The van der Waals surface area contributed by atoms with Gasteiger partial charge in [-0.15, -0.1) is 0 Å². The molecule has 0 saturated carbocycles. The van der Waals surface area contributed by atoms with Crippen molar-refractivity contribution < 1.29 is 13.2 Å². The van der Waals surface area contributed by atoms with Crippen molar-refractivity contribution in [2.24, 2.45) is 0 Å². The Morgan fingerprint density at radius 1 is 1.11 bits per heavy atom. The SMILES string of the molecule is Fc1[nH]nc2cc(-c3cccc(C(F)F)c3)cnc12. The lowest BCUT2D eigenvalue weighted by atomic mass is 10.0. The summed E-state index contributed by atoms with van der Waals surface area (Å²) in [5.41, 5.74) is 1.63. The van der Waals surface area contributed by atoms with Crippen LogP contribution in [0.2, 0.25) is 0 Å². The fourth-order valence-electron chi connectivity index (χ4n) is 1.88. The second-order valence-corrected chi connectivity index (χ2v) is 4.06. The number of hydrogen-bond acceptors (Lipinski definition) is 2. The number of pyridine rings is 1. The summed E-state index contributed by atoms with van der Waals surface area (Å²) in [7, 11) is 0. The Hall–Kier alpha value is -2.37. The third kappa shape index (κ3) is 2.05. The average Bonchev–Trinajstić information content (AvgIpc) is 2.80. The van der Waals surface area contributed by atoms with Crippen LogP contribution in [0.5, 0.6) is 0 Å². The molecular weight excluding hydrogens is 255 g/mol. The van der Waals surface area contributed by atoms with Crippen LogP contribution in [0.25, 0.3) is 22.2 Å². The van der Waals surface area contributed by atoms with Crippen LogP contribution in [0.1, 0.15) is 12.0 Å². The molecule has 2 aromatic heterocycles. The first kappa shape index (κ1) is 11.7. The maximum Gasteiger partial charge on any atom is 0.263 e. The molecule has 3 nitrogen and oxygen atoms in total. The molecule has 1 N–H and O–H groups in total. The van der Waals surface area contributed by atoms with E-state index < -0.39 is 12.4 Å². The van der Waals surface area contributed by atoms with Crippen LogP contribution in [0.15, 0.2) is 36.5 Å². The molecule has 0 bridgehead atoms. The summed E-state index contributed by atoms with van der Waals surface area (Å²) >= 11 is 0. The van der Waals surface area contributed by atoms with E-state index >= 15 is 0 Å².